The number of nitrogens with two attached hydrogens (primary N) is 2. The maximum atomic E-state index is 16.1. The van der Waals surface area contributed by atoms with Crippen LogP contribution in [-0.2, 0) is 23.8 Å². The number of esters is 2. The number of rotatable bonds is 8. The first-order valence-corrected chi connectivity index (χ1v) is 13.2. The minimum atomic E-state index is -2.24. The van der Waals surface area contributed by atoms with Crippen molar-refractivity contribution >= 4 is 34.4 Å². The third kappa shape index (κ3) is 5.06. The number of nitrogens with zero attached hydrogens (tertiary/aromatic N) is 1. The van der Waals surface area contributed by atoms with Crippen LogP contribution in [0.3, 0.4) is 0 Å². The number of halogens is 1. The van der Waals surface area contributed by atoms with Crippen molar-refractivity contribution in [2.75, 3.05) is 13.1 Å². The van der Waals surface area contributed by atoms with E-state index in [9.17, 15) is 24.3 Å². The van der Waals surface area contributed by atoms with Crippen molar-refractivity contribution in [3.05, 3.63) is 64.8 Å². The third-order valence-electron chi connectivity index (χ3n) is 7.04. The van der Waals surface area contributed by atoms with Crippen molar-refractivity contribution in [3.63, 3.8) is 0 Å². The number of alkyl halides is 1. The summed E-state index contributed by atoms with van der Waals surface area (Å²) in [7, 11) is 0. The number of aromatic hydroxyl groups is 1. The molecular formula is C29H28FN3O9. The Morgan fingerprint density at radius 3 is 2.17 bits per heavy atom. The van der Waals surface area contributed by atoms with Crippen LogP contribution in [0.15, 0.2) is 42.6 Å². The lowest BCUT2D eigenvalue weighted by molar-refractivity contribution is -0.262. The molecule has 1 fully saturated rings. The number of ketones is 2. The lowest BCUT2D eigenvalue weighted by Crippen LogP contribution is -2.59. The molecule has 0 radical (unpaired) electrons. The van der Waals surface area contributed by atoms with Crippen molar-refractivity contribution in [1.82, 2.24) is 4.98 Å². The summed E-state index contributed by atoms with van der Waals surface area (Å²) in [6.45, 7) is 1.36. The normalized spacial score (nSPS) is 23.2. The Balaban J connectivity index is 1.56. The number of pyridine rings is 1. The molecule has 5 N–H and O–H groups in total. The van der Waals surface area contributed by atoms with Gasteiger partial charge in [-0.1, -0.05) is 30.3 Å². The quantitative estimate of drug-likeness (QED) is 0.256. The number of benzene rings is 2. The second-order valence-electron chi connectivity index (χ2n) is 9.79. The van der Waals surface area contributed by atoms with Crippen LogP contribution in [0.25, 0.3) is 10.9 Å². The van der Waals surface area contributed by atoms with Gasteiger partial charge in [0.05, 0.1) is 24.5 Å². The average Bonchev–Trinajstić information content (AvgIpc) is 2.97. The van der Waals surface area contributed by atoms with Crippen LogP contribution in [0.5, 0.6) is 11.5 Å². The van der Waals surface area contributed by atoms with Gasteiger partial charge in [0.15, 0.2) is 35.3 Å². The van der Waals surface area contributed by atoms with Gasteiger partial charge in [0.25, 0.3) is 0 Å². The molecule has 0 bridgehead atoms. The number of ether oxygens (including phenoxy) is 4. The van der Waals surface area contributed by atoms with E-state index >= 15 is 4.39 Å². The van der Waals surface area contributed by atoms with E-state index in [4.69, 9.17) is 30.4 Å². The number of hydrogen-bond acceptors (Lipinski definition) is 12. The van der Waals surface area contributed by atoms with Crippen molar-refractivity contribution in [2.24, 2.45) is 11.5 Å². The van der Waals surface area contributed by atoms with E-state index in [2.05, 4.69) is 4.98 Å². The Labute approximate surface area is 238 Å². The molecule has 5 rings (SSSR count). The smallest absolute Gasteiger partial charge is 0.307 e. The molecule has 1 saturated heterocycles. The molecule has 0 unspecified atom stereocenters. The SMILES string of the molecule is C[C@@H]1O[C@@H](Oc2c(O)c3c(c4cccnc24)C(=O)c2ccccc2C3=O)[C@H](F)[C@H](OC(=O)CCN)[C@@H]1OC(=O)CCN. The molecule has 1 aliphatic heterocycles. The molecule has 42 heavy (non-hydrogen) atoms. The number of aromatic nitrogens is 1. The van der Waals surface area contributed by atoms with E-state index < -0.39 is 65.8 Å². The molecule has 12 nitrogen and oxygen atoms in total. The molecule has 5 atom stereocenters. The molecule has 1 aromatic heterocycles. The van der Waals surface area contributed by atoms with Crippen molar-refractivity contribution < 1.29 is 47.6 Å². The first-order valence-electron chi connectivity index (χ1n) is 13.2. The van der Waals surface area contributed by atoms with Crippen LogP contribution in [0.4, 0.5) is 4.39 Å². The summed E-state index contributed by atoms with van der Waals surface area (Å²) in [5.74, 6) is -3.89. The van der Waals surface area contributed by atoms with Gasteiger partial charge in [-0.2, -0.15) is 0 Å². The summed E-state index contributed by atoms with van der Waals surface area (Å²) in [6.07, 6.45) is -7.19. The molecule has 1 aliphatic carbocycles. The van der Waals surface area contributed by atoms with E-state index in [0.717, 1.165) is 0 Å². The summed E-state index contributed by atoms with van der Waals surface area (Å²) in [4.78, 5) is 55.7. The predicted molar refractivity (Wildman–Crippen MR) is 144 cm³/mol. The third-order valence-corrected chi connectivity index (χ3v) is 7.04. The molecule has 220 valence electrons. The molecule has 2 heterocycles. The highest BCUT2D eigenvalue weighted by atomic mass is 19.1. The van der Waals surface area contributed by atoms with Crippen LogP contribution in [0.1, 0.15) is 51.6 Å². The standard InChI is InChI=1S/C29H28FN3O9/c1-13-26(40-17(34)8-10-31)27(41-18(35)9-11-32)21(30)29(39-13)42-28-22-16(7-4-12-33-22)19-20(25(28)38)24(37)15-6-3-2-5-14(15)23(19)36/h2-7,12-13,21,26-27,29,38H,8-11,31-32H2,1H3/t13-,21+,26+,27-,29-/m0/s1. The minimum absolute atomic E-state index is 0.0212. The molecule has 0 amide bonds. The maximum Gasteiger partial charge on any atom is 0.307 e. The minimum Gasteiger partial charge on any atom is -0.504 e. The first-order chi connectivity index (χ1) is 20.2. The van der Waals surface area contributed by atoms with Gasteiger partial charge in [0.1, 0.15) is 5.52 Å². The molecule has 0 saturated carbocycles. The van der Waals surface area contributed by atoms with Crippen molar-refractivity contribution in [3.8, 4) is 11.5 Å². The number of carbonyl (C=O) groups excluding carboxylic acids is 4. The van der Waals surface area contributed by atoms with Crippen LogP contribution in [0.2, 0.25) is 0 Å². The Morgan fingerprint density at radius 1 is 0.952 bits per heavy atom. The molecule has 0 spiro atoms. The lowest BCUT2D eigenvalue weighted by atomic mass is 9.81. The van der Waals surface area contributed by atoms with Crippen LogP contribution >= 0.6 is 0 Å². The van der Waals surface area contributed by atoms with Gasteiger partial charge >= 0.3 is 11.9 Å². The molecule has 2 aliphatic rings. The zero-order valence-corrected chi connectivity index (χ0v) is 22.4. The van der Waals surface area contributed by atoms with Crippen LogP contribution in [0, 0.1) is 0 Å². The largest absolute Gasteiger partial charge is 0.504 e. The van der Waals surface area contributed by atoms with E-state index in [1.807, 2.05) is 0 Å². The van der Waals surface area contributed by atoms with Gasteiger partial charge in [0, 0.05) is 41.4 Å². The van der Waals surface area contributed by atoms with Crippen molar-refractivity contribution in [1.29, 1.82) is 0 Å². The topological polar surface area (TPSA) is 190 Å². The fraction of sp³-hybridized carbons (Fsp3) is 0.345. The Kier molecular flexibility index (Phi) is 8.16. The molecule has 13 heteroatoms. The number of fused-ring (bicyclic) bond motifs is 4. The highest BCUT2D eigenvalue weighted by Gasteiger charge is 2.51. The fourth-order valence-corrected chi connectivity index (χ4v) is 5.11. The van der Waals surface area contributed by atoms with Gasteiger partial charge in [-0.25, -0.2) is 4.39 Å². The monoisotopic (exact) mass is 581 g/mol. The summed E-state index contributed by atoms with van der Waals surface area (Å²) < 4.78 is 38.3. The average molecular weight is 582 g/mol. The number of carbonyl (C=O) groups is 4. The van der Waals surface area contributed by atoms with Gasteiger partial charge < -0.3 is 35.5 Å². The Hall–Kier alpha value is -4.46. The van der Waals surface area contributed by atoms with Gasteiger partial charge in [0.2, 0.25) is 12.5 Å². The van der Waals surface area contributed by atoms with Crippen LogP contribution < -0.4 is 16.2 Å². The predicted octanol–water partition coefficient (Wildman–Crippen LogP) is 1.70. The second kappa shape index (κ2) is 11.8. The summed E-state index contributed by atoms with van der Waals surface area (Å²) in [5, 5.41) is 11.5. The molecule has 3 aromatic rings. The Bertz CT molecular complexity index is 1580. The van der Waals surface area contributed by atoms with Gasteiger partial charge in [-0.15, -0.1) is 0 Å². The fourth-order valence-electron chi connectivity index (χ4n) is 5.11. The molecular weight excluding hydrogens is 553 g/mol. The molecule has 2 aromatic carbocycles. The van der Waals surface area contributed by atoms with E-state index in [1.54, 1.807) is 12.1 Å². The highest BCUT2D eigenvalue weighted by molar-refractivity contribution is 6.33. The Morgan fingerprint density at radius 2 is 1.55 bits per heavy atom. The lowest BCUT2D eigenvalue weighted by Gasteiger charge is -2.41. The first kappa shape index (κ1) is 29.0. The van der Waals surface area contributed by atoms with E-state index in [-0.39, 0.29) is 59.1 Å². The van der Waals surface area contributed by atoms with Crippen molar-refractivity contribution in [2.45, 2.75) is 50.5 Å². The summed E-state index contributed by atoms with van der Waals surface area (Å²) in [6, 6.07) is 9.23. The number of hydrogen-bond donors (Lipinski definition) is 3. The maximum absolute atomic E-state index is 16.1. The summed E-state index contributed by atoms with van der Waals surface area (Å²) in [5.41, 5.74) is 10.7. The van der Waals surface area contributed by atoms with Crippen LogP contribution in [-0.4, -0.2) is 77.5 Å². The van der Waals surface area contributed by atoms with Gasteiger partial charge in [-0.3, -0.25) is 24.2 Å². The number of phenolic OH excluding ortho intramolecular Hbond substituents is 1. The van der Waals surface area contributed by atoms with E-state index in [0.29, 0.717) is 0 Å². The number of phenols is 1. The zero-order chi connectivity index (χ0) is 30.1. The second-order valence-corrected chi connectivity index (χ2v) is 9.79. The zero-order valence-electron chi connectivity index (χ0n) is 22.4. The van der Waals surface area contributed by atoms with Gasteiger partial charge in [-0.05, 0) is 13.0 Å². The highest BCUT2D eigenvalue weighted by Crippen LogP contribution is 2.45. The summed E-state index contributed by atoms with van der Waals surface area (Å²) >= 11 is 0. The van der Waals surface area contributed by atoms with E-state index in [1.165, 1.54) is 37.4 Å².